The van der Waals surface area contributed by atoms with Gasteiger partial charge in [0.25, 0.3) is 5.85 Å². The number of carbonyl (C=O) groups is 1. The lowest BCUT2D eigenvalue weighted by Crippen LogP contribution is -2.29. The van der Waals surface area contributed by atoms with Gasteiger partial charge >= 0.3 is 13.6 Å². The lowest BCUT2D eigenvalue weighted by atomic mass is 10.1. The number of rotatable bonds is 12. The molecule has 0 bridgehead atoms. The van der Waals surface area contributed by atoms with E-state index in [-0.39, 0.29) is 38.2 Å². The molecule has 4 aromatic rings. The molecule has 12 nitrogen and oxygen atoms in total. The molecule has 0 radical (unpaired) electrons. The minimum absolute atomic E-state index is 0.0489. The van der Waals surface area contributed by atoms with Crippen molar-refractivity contribution in [1.29, 1.82) is 0 Å². The van der Waals surface area contributed by atoms with Crippen LogP contribution in [0.5, 0.6) is 0 Å². The van der Waals surface area contributed by atoms with Crippen molar-refractivity contribution in [1.82, 2.24) is 24.8 Å². The molecule has 1 saturated heterocycles. The Kier molecular flexibility index (Phi) is 9.70. The van der Waals surface area contributed by atoms with Crippen LogP contribution < -0.4 is 0 Å². The van der Waals surface area contributed by atoms with Gasteiger partial charge in [-0.05, 0) is 70.4 Å². The van der Waals surface area contributed by atoms with Crippen molar-refractivity contribution in [2.45, 2.75) is 58.7 Å². The fraction of sp³-hybridized carbons (Fsp3) is 0.481. The Morgan fingerprint density at radius 3 is 2.62 bits per heavy atom. The molecule has 42 heavy (non-hydrogen) atoms. The third-order valence-corrected chi connectivity index (χ3v) is 9.31. The highest BCUT2D eigenvalue weighted by Gasteiger charge is 2.44. The van der Waals surface area contributed by atoms with E-state index >= 15 is 0 Å². The molecule has 2 unspecified atom stereocenters. The molecule has 3 heterocycles. The number of halogens is 2. The van der Waals surface area contributed by atoms with E-state index in [9.17, 15) is 13.8 Å². The number of hydrogen-bond acceptors (Lipinski definition) is 10. The third kappa shape index (κ3) is 6.15. The minimum Gasteiger partial charge on any atom is -0.464 e. The molecule has 226 valence electrons. The summed E-state index contributed by atoms with van der Waals surface area (Å²) >= 11 is 3.34. The van der Waals surface area contributed by atoms with E-state index in [1.807, 2.05) is 12.1 Å². The van der Waals surface area contributed by atoms with Gasteiger partial charge in [-0.1, -0.05) is 21.1 Å². The summed E-state index contributed by atoms with van der Waals surface area (Å²) in [5, 5.41) is 13.7. The van der Waals surface area contributed by atoms with E-state index in [1.54, 1.807) is 42.3 Å². The highest BCUT2D eigenvalue weighted by molar-refractivity contribution is 9.10. The van der Waals surface area contributed by atoms with Gasteiger partial charge in [0.1, 0.15) is 5.52 Å². The molecule has 0 spiro atoms. The molecular formula is C27H32BrFN5O7P. The van der Waals surface area contributed by atoms with E-state index in [0.29, 0.717) is 33.5 Å². The number of fused-ring (bicyclic) bond motifs is 2. The maximum atomic E-state index is 14.5. The fourth-order valence-corrected chi connectivity index (χ4v) is 6.97. The van der Waals surface area contributed by atoms with Crippen molar-refractivity contribution in [3.05, 3.63) is 46.3 Å². The van der Waals surface area contributed by atoms with E-state index in [1.165, 1.54) is 6.07 Å². The lowest BCUT2D eigenvalue weighted by Gasteiger charge is -2.24. The van der Waals surface area contributed by atoms with Crippen molar-refractivity contribution >= 4 is 51.4 Å². The predicted octanol–water partition coefficient (Wildman–Crippen LogP) is 6.04. The molecule has 1 aliphatic heterocycles. The summed E-state index contributed by atoms with van der Waals surface area (Å²) in [5.41, 5.74) is 2.46. The molecular weight excluding hydrogens is 636 g/mol. The van der Waals surface area contributed by atoms with Crippen molar-refractivity contribution in [3.8, 4) is 5.69 Å². The van der Waals surface area contributed by atoms with Crippen LogP contribution in [0.3, 0.4) is 0 Å². The molecule has 2 aromatic heterocycles. The highest BCUT2D eigenvalue weighted by Crippen LogP contribution is 2.54. The van der Waals surface area contributed by atoms with Gasteiger partial charge in [-0.3, -0.25) is 4.57 Å². The maximum absolute atomic E-state index is 14.5. The topological polar surface area (TPSA) is 129 Å². The fourth-order valence-electron chi connectivity index (χ4n) is 4.90. The largest absolute Gasteiger partial charge is 0.464 e. The number of aromatic nitrogens is 5. The highest BCUT2D eigenvalue weighted by atomic mass is 79.9. The summed E-state index contributed by atoms with van der Waals surface area (Å²) in [6.07, 6.45) is 2.34. The summed E-state index contributed by atoms with van der Waals surface area (Å²) < 4.78 is 59.8. The number of nitrogens with zero attached hydrogens (tertiary/aromatic N) is 5. The average Bonchev–Trinajstić information content (AvgIpc) is 3.55. The Labute approximate surface area is 250 Å². The van der Waals surface area contributed by atoms with Crippen LogP contribution in [0.4, 0.5) is 4.39 Å². The average molecular weight is 668 g/mol. The SMILES string of the molecule is CCOC(=O)C(OCc1nn(C2CCCCO2)c2cc(-n3nnc4c(F)cc(Br)cc43)ccc12)P(=O)(OCC)OCC. The first-order chi connectivity index (χ1) is 20.3. The Balaban J connectivity index is 1.55. The first-order valence-corrected chi connectivity index (χ1v) is 16.2. The smallest absolute Gasteiger partial charge is 0.370 e. The molecule has 0 aliphatic carbocycles. The molecule has 0 amide bonds. The van der Waals surface area contributed by atoms with E-state index in [4.69, 9.17) is 28.4 Å². The van der Waals surface area contributed by atoms with Crippen LogP contribution in [-0.4, -0.2) is 63.0 Å². The summed E-state index contributed by atoms with van der Waals surface area (Å²) in [4.78, 5) is 12.8. The van der Waals surface area contributed by atoms with Crippen LogP contribution in [0, 0.1) is 5.82 Å². The van der Waals surface area contributed by atoms with Crippen molar-refractivity contribution < 1.29 is 37.0 Å². The summed E-state index contributed by atoms with van der Waals surface area (Å²) in [6.45, 7) is 5.51. The number of benzene rings is 2. The van der Waals surface area contributed by atoms with Gasteiger partial charge in [0.05, 0.1) is 48.8 Å². The molecule has 1 fully saturated rings. The predicted molar refractivity (Wildman–Crippen MR) is 155 cm³/mol. The number of esters is 1. The molecule has 2 atom stereocenters. The number of carbonyl (C=O) groups excluding carboxylic acids is 1. The summed E-state index contributed by atoms with van der Waals surface area (Å²) in [7, 11) is -4.01. The molecule has 5 rings (SSSR count). The first-order valence-electron chi connectivity index (χ1n) is 13.8. The lowest BCUT2D eigenvalue weighted by molar-refractivity contribution is -0.153. The molecule has 0 N–H and O–H groups in total. The van der Waals surface area contributed by atoms with Gasteiger partial charge in [-0.2, -0.15) is 5.10 Å². The van der Waals surface area contributed by atoms with E-state index in [2.05, 4.69) is 26.2 Å². The monoisotopic (exact) mass is 667 g/mol. The van der Waals surface area contributed by atoms with E-state index < -0.39 is 25.2 Å². The van der Waals surface area contributed by atoms with Gasteiger partial charge in [0.2, 0.25) is 0 Å². The van der Waals surface area contributed by atoms with Crippen LogP contribution >= 0.6 is 23.5 Å². The van der Waals surface area contributed by atoms with Crippen LogP contribution in [0.15, 0.2) is 34.8 Å². The standard InChI is InChI=1S/C27H32BrFN5O7P/c1-4-37-26(35)27(42(36,40-5-2)41-6-3)39-16-21-19-11-10-18(15-22(19)34(31-21)24-9-7-8-12-38-24)33-23-14-17(28)13-20(29)25(23)30-32-33/h10-11,13-15,24,27H,4-9,12,16H2,1-3H3. The second kappa shape index (κ2) is 13.3. The van der Waals surface area contributed by atoms with Crippen molar-refractivity contribution in [2.75, 3.05) is 26.4 Å². The van der Waals surface area contributed by atoms with Crippen molar-refractivity contribution in [3.63, 3.8) is 0 Å². The number of ether oxygens (including phenoxy) is 3. The van der Waals surface area contributed by atoms with Gasteiger partial charge in [-0.15, -0.1) is 5.10 Å². The van der Waals surface area contributed by atoms with Crippen LogP contribution in [0.1, 0.15) is 52.0 Å². The molecule has 0 saturated carbocycles. The van der Waals surface area contributed by atoms with Crippen LogP contribution in [-0.2, 0) is 39.2 Å². The van der Waals surface area contributed by atoms with Gasteiger partial charge in [-0.25, -0.2) is 18.5 Å². The third-order valence-electron chi connectivity index (χ3n) is 6.68. The van der Waals surface area contributed by atoms with Gasteiger partial charge < -0.3 is 23.3 Å². The van der Waals surface area contributed by atoms with Gasteiger partial charge in [0.15, 0.2) is 12.0 Å². The number of hydrogen-bond donors (Lipinski definition) is 0. The minimum atomic E-state index is -4.01. The Hall–Kier alpha value is -2.74. The van der Waals surface area contributed by atoms with Gasteiger partial charge in [0, 0.05) is 16.5 Å². The Bertz CT molecular complexity index is 1610. The van der Waals surface area contributed by atoms with Crippen LogP contribution in [0.25, 0.3) is 27.6 Å². The quantitative estimate of drug-likeness (QED) is 0.130. The maximum Gasteiger partial charge on any atom is 0.370 e. The molecule has 2 aromatic carbocycles. The Morgan fingerprint density at radius 2 is 1.93 bits per heavy atom. The second-order valence-electron chi connectivity index (χ2n) is 9.46. The molecule has 1 aliphatic rings. The Morgan fingerprint density at radius 1 is 1.14 bits per heavy atom. The molecule has 15 heteroatoms. The summed E-state index contributed by atoms with van der Waals surface area (Å²) in [5.74, 6) is -2.93. The first kappa shape index (κ1) is 30.7. The van der Waals surface area contributed by atoms with Crippen molar-refractivity contribution in [2.24, 2.45) is 0 Å². The van der Waals surface area contributed by atoms with E-state index in [0.717, 1.165) is 24.6 Å². The van der Waals surface area contributed by atoms with Crippen LogP contribution in [0.2, 0.25) is 0 Å². The zero-order valence-electron chi connectivity index (χ0n) is 23.5. The normalized spacial score (nSPS) is 16.7. The summed E-state index contributed by atoms with van der Waals surface area (Å²) in [6, 6.07) is 8.59. The zero-order chi connectivity index (χ0) is 29.9. The second-order valence-corrected chi connectivity index (χ2v) is 12.4. The zero-order valence-corrected chi connectivity index (χ0v) is 26.0.